The lowest BCUT2D eigenvalue weighted by Gasteiger charge is -2.31. The van der Waals surface area contributed by atoms with Crippen LogP contribution in [0.25, 0.3) is 0 Å². The van der Waals surface area contributed by atoms with E-state index in [1.165, 1.54) is 32.1 Å². The van der Waals surface area contributed by atoms with Crippen LogP contribution in [0.5, 0.6) is 0 Å². The molecule has 0 aliphatic heterocycles. The summed E-state index contributed by atoms with van der Waals surface area (Å²) >= 11 is 3.41. The number of carbonyl (C=O) groups excluding carboxylic acids is 1. The molecule has 1 aliphatic rings. The normalized spacial score (nSPS) is 16.1. The standard InChI is InChI=1S/C17H25BrN2O/c1-20(14-8-3-2-4-9-14)13-7-12-19-17(21)15-10-5-6-11-16(15)18/h5-6,10-11,14H,2-4,7-9,12-13H2,1H3,(H,19,21). The Morgan fingerprint density at radius 2 is 2.00 bits per heavy atom. The van der Waals surface area contributed by atoms with Gasteiger partial charge in [-0.25, -0.2) is 0 Å². The molecule has 0 unspecified atom stereocenters. The maximum absolute atomic E-state index is 12.1. The number of halogens is 1. The Bertz CT molecular complexity index is 458. The molecule has 0 spiro atoms. The molecule has 116 valence electrons. The summed E-state index contributed by atoms with van der Waals surface area (Å²) < 4.78 is 0.849. The van der Waals surface area contributed by atoms with Gasteiger partial charge in [0.15, 0.2) is 0 Å². The van der Waals surface area contributed by atoms with Crippen molar-refractivity contribution >= 4 is 21.8 Å². The first-order valence-electron chi connectivity index (χ1n) is 7.91. The predicted octanol–water partition coefficient (Wildman–Crippen LogP) is 3.83. The topological polar surface area (TPSA) is 32.3 Å². The van der Waals surface area contributed by atoms with Crippen LogP contribution in [0.15, 0.2) is 28.7 Å². The fourth-order valence-electron chi connectivity index (χ4n) is 2.98. The minimum Gasteiger partial charge on any atom is -0.352 e. The quantitative estimate of drug-likeness (QED) is 0.789. The van der Waals surface area contributed by atoms with Gasteiger partial charge in [0.05, 0.1) is 5.56 Å². The van der Waals surface area contributed by atoms with Gasteiger partial charge in [-0.1, -0.05) is 31.4 Å². The Morgan fingerprint density at radius 3 is 2.71 bits per heavy atom. The smallest absolute Gasteiger partial charge is 0.252 e. The molecule has 3 nitrogen and oxygen atoms in total. The average Bonchev–Trinajstić information content (AvgIpc) is 2.52. The van der Waals surface area contributed by atoms with Crippen LogP contribution in [0.3, 0.4) is 0 Å². The van der Waals surface area contributed by atoms with Crippen LogP contribution in [0.4, 0.5) is 0 Å². The summed E-state index contributed by atoms with van der Waals surface area (Å²) in [6.07, 6.45) is 7.80. The summed E-state index contributed by atoms with van der Waals surface area (Å²) in [6.45, 7) is 1.79. The molecule has 0 saturated heterocycles. The Hall–Kier alpha value is -0.870. The van der Waals surface area contributed by atoms with Crippen molar-refractivity contribution in [1.29, 1.82) is 0 Å². The third kappa shape index (κ3) is 5.11. The van der Waals surface area contributed by atoms with Gasteiger partial charge in [0, 0.05) is 17.1 Å². The molecule has 0 atom stereocenters. The highest BCUT2D eigenvalue weighted by molar-refractivity contribution is 9.10. The highest BCUT2D eigenvalue weighted by Crippen LogP contribution is 2.21. The van der Waals surface area contributed by atoms with Crippen molar-refractivity contribution < 1.29 is 4.79 Å². The largest absolute Gasteiger partial charge is 0.352 e. The highest BCUT2D eigenvalue weighted by atomic mass is 79.9. The molecular weight excluding hydrogens is 328 g/mol. The van der Waals surface area contributed by atoms with Gasteiger partial charge in [0.25, 0.3) is 5.91 Å². The third-order valence-electron chi connectivity index (χ3n) is 4.29. The van der Waals surface area contributed by atoms with Crippen LogP contribution in [-0.4, -0.2) is 37.0 Å². The highest BCUT2D eigenvalue weighted by Gasteiger charge is 2.17. The van der Waals surface area contributed by atoms with Gasteiger partial charge in [-0.15, -0.1) is 0 Å². The second-order valence-electron chi connectivity index (χ2n) is 5.86. The zero-order valence-electron chi connectivity index (χ0n) is 12.8. The van der Waals surface area contributed by atoms with Crippen LogP contribution >= 0.6 is 15.9 Å². The zero-order valence-corrected chi connectivity index (χ0v) is 14.4. The van der Waals surface area contributed by atoms with Crippen molar-refractivity contribution in [3.63, 3.8) is 0 Å². The number of nitrogens with one attached hydrogen (secondary N) is 1. The second-order valence-corrected chi connectivity index (χ2v) is 6.72. The summed E-state index contributed by atoms with van der Waals surface area (Å²) in [5, 5.41) is 3.00. The van der Waals surface area contributed by atoms with Gasteiger partial charge in [-0.05, 0) is 60.9 Å². The Balaban J connectivity index is 1.67. The summed E-state index contributed by atoms with van der Waals surface area (Å²) in [5.74, 6) is 0.00259. The summed E-state index contributed by atoms with van der Waals surface area (Å²) in [5.41, 5.74) is 0.707. The molecule has 1 aliphatic carbocycles. The first-order chi connectivity index (χ1) is 10.2. The fraction of sp³-hybridized carbons (Fsp3) is 0.588. The van der Waals surface area contributed by atoms with E-state index in [2.05, 4.69) is 33.2 Å². The summed E-state index contributed by atoms with van der Waals surface area (Å²) in [6, 6.07) is 8.29. The first-order valence-corrected chi connectivity index (χ1v) is 8.71. The molecule has 2 rings (SSSR count). The van der Waals surface area contributed by atoms with Gasteiger partial charge in [0.1, 0.15) is 0 Å². The van der Waals surface area contributed by atoms with Gasteiger partial charge in [-0.3, -0.25) is 4.79 Å². The van der Waals surface area contributed by atoms with Crippen molar-refractivity contribution in [2.75, 3.05) is 20.1 Å². The summed E-state index contributed by atoms with van der Waals surface area (Å²) in [4.78, 5) is 14.5. The van der Waals surface area contributed by atoms with Crippen LogP contribution in [0.1, 0.15) is 48.9 Å². The van der Waals surface area contributed by atoms with E-state index in [1.54, 1.807) is 0 Å². The van der Waals surface area contributed by atoms with E-state index >= 15 is 0 Å². The zero-order chi connectivity index (χ0) is 15.1. The number of rotatable bonds is 6. The second kappa shape index (κ2) is 8.54. The van der Waals surface area contributed by atoms with Crippen molar-refractivity contribution in [2.45, 2.75) is 44.6 Å². The van der Waals surface area contributed by atoms with E-state index in [0.29, 0.717) is 5.56 Å². The van der Waals surface area contributed by atoms with E-state index in [1.807, 2.05) is 24.3 Å². The van der Waals surface area contributed by atoms with Crippen molar-refractivity contribution in [3.8, 4) is 0 Å². The lowest BCUT2D eigenvalue weighted by atomic mass is 9.94. The lowest BCUT2D eigenvalue weighted by Crippen LogP contribution is -2.35. The van der Waals surface area contributed by atoms with E-state index < -0.39 is 0 Å². The number of amides is 1. The Kier molecular flexibility index (Phi) is 6.71. The molecule has 4 heteroatoms. The fourth-order valence-corrected chi connectivity index (χ4v) is 3.44. The molecule has 21 heavy (non-hydrogen) atoms. The Labute approximate surface area is 136 Å². The molecule has 0 bridgehead atoms. The molecule has 1 aromatic rings. The minimum absolute atomic E-state index is 0.00259. The third-order valence-corrected chi connectivity index (χ3v) is 4.98. The Morgan fingerprint density at radius 1 is 1.29 bits per heavy atom. The van der Waals surface area contributed by atoms with Crippen LogP contribution in [0, 0.1) is 0 Å². The molecule has 1 N–H and O–H groups in total. The van der Waals surface area contributed by atoms with Crippen molar-refractivity contribution in [1.82, 2.24) is 10.2 Å². The number of nitrogens with zero attached hydrogens (tertiary/aromatic N) is 1. The van der Waals surface area contributed by atoms with Crippen molar-refractivity contribution in [2.24, 2.45) is 0 Å². The SMILES string of the molecule is CN(CCCNC(=O)c1ccccc1Br)C1CCCCC1. The monoisotopic (exact) mass is 352 g/mol. The molecule has 1 amide bonds. The number of hydrogen-bond acceptors (Lipinski definition) is 2. The van der Waals surface area contributed by atoms with Gasteiger partial charge in [0.2, 0.25) is 0 Å². The van der Waals surface area contributed by atoms with Gasteiger partial charge in [-0.2, -0.15) is 0 Å². The maximum atomic E-state index is 12.1. The van der Waals surface area contributed by atoms with Crippen LogP contribution in [-0.2, 0) is 0 Å². The average molecular weight is 353 g/mol. The van der Waals surface area contributed by atoms with E-state index in [9.17, 15) is 4.79 Å². The van der Waals surface area contributed by atoms with Crippen LogP contribution in [0.2, 0.25) is 0 Å². The van der Waals surface area contributed by atoms with E-state index in [0.717, 1.165) is 30.0 Å². The van der Waals surface area contributed by atoms with Gasteiger partial charge < -0.3 is 10.2 Å². The number of benzene rings is 1. The maximum Gasteiger partial charge on any atom is 0.252 e. The molecule has 0 radical (unpaired) electrons. The van der Waals surface area contributed by atoms with Crippen molar-refractivity contribution in [3.05, 3.63) is 34.3 Å². The predicted molar refractivity (Wildman–Crippen MR) is 90.6 cm³/mol. The molecule has 1 fully saturated rings. The number of carbonyl (C=O) groups is 1. The summed E-state index contributed by atoms with van der Waals surface area (Å²) in [7, 11) is 2.21. The van der Waals surface area contributed by atoms with E-state index in [4.69, 9.17) is 0 Å². The van der Waals surface area contributed by atoms with Crippen LogP contribution < -0.4 is 5.32 Å². The molecular formula is C17H25BrN2O. The van der Waals surface area contributed by atoms with E-state index in [-0.39, 0.29) is 5.91 Å². The first kappa shape index (κ1) is 16.5. The van der Waals surface area contributed by atoms with Gasteiger partial charge >= 0.3 is 0 Å². The lowest BCUT2D eigenvalue weighted by molar-refractivity contribution is 0.0950. The number of hydrogen-bond donors (Lipinski definition) is 1. The molecule has 0 heterocycles. The molecule has 1 aromatic carbocycles. The minimum atomic E-state index is 0.00259. The molecule has 1 saturated carbocycles. The molecule has 0 aromatic heterocycles.